The van der Waals surface area contributed by atoms with Crippen LogP contribution in [-0.2, 0) is 4.79 Å². The fourth-order valence-electron chi connectivity index (χ4n) is 3.67. The number of ether oxygens (including phenoxy) is 1. The Hall–Kier alpha value is -4.02. The number of aromatic nitrogens is 4. The molecule has 5 N–H and O–H groups in total. The van der Waals surface area contributed by atoms with Gasteiger partial charge in [-0.25, -0.2) is 9.97 Å². The molecule has 0 aliphatic carbocycles. The maximum atomic E-state index is 12.0. The maximum Gasteiger partial charge on any atom is 0.227 e. The molecule has 4 rings (SSSR count). The topological polar surface area (TPSA) is 145 Å². The number of anilines is 2. The third-order valence-electron chi connectivity index (χ3n) is 5.45. The Morgan fingerprint density at radius 3 is 2.71 bits per heavy atom. The third kappa shape index (κ3) is 6.75. The zero-order valence-corrected chi connectivity index (χ0v) is 19.3. The molecule has 182 valence electrons. The van der Waals surface area contributed by atoms with E-state index in [0.29, 0.717) is 17.3 Å². The predicted octanol–water partition coefficient (Wildman–Crippen LogP) is 3.05. The number of carbonyl (C=O) groups excluding carboxylic acids is 1. The number of nitrogens with one attached hydrogen (secondary N) is 3. The zero-order chi connectivity index (χ0) is 24.6. The summed E-state index contributed by atoms with van der Waals surface area (Å²) in [6, 6.07) is 15.5. The van der Waals surface area contributed by atoms with E-state index >= 15 is 0 Å². The SMILES string of the molecule is CC(Nc1ncnc2ccc(OCC(O)CC(O)CC(=O)Nc3cn[nH]c3)cc12)c1ccccc1. The zero-order valence-electron chi connectivity index (χ0n) is 19.3. The van der Waals surface area contributed by atoms with Crippen molar-refractivity contribution in [1.29, 1.82) is 0 Å². The van der Waals surface area contributed by atoms with Crippen LogP contribution in [0.2, 0.25) is 0 Å². The summed E-state index contributed by atoms with van der Waals surface area (Å²) in [5.41, 5.74) is 2.40. The number of fused-ring (bicyclic) bond motifs is 1. The Labute approximate surface area is 202 Å². The number of H-pyrrole nitrogens is 1. The lowest BCUT2D eigenvalue weighted by Gasteiger charge is -2.18. The van der Waals surface area contributed by atoms with Crippen LogP contribution in [0, 0.1) is 0 Å². The van der Waals surface area contributed by atoms with Crippen molar-refractivity contribution in [3.8, 4) is 5.75 Å². The number of hydrogen-bond donors (Lipinski definition) is 5. The van der Waals surface area contributed by atoms with E-state index in [1.165, 1.54) is 18.7 Å². The second kappa shape index (κ2) is 11.4. The molecule has 10 heteroatoms. The van der Waals surface area contributed by atoms with E-state index in [1.54, 1.807) is 6.07 Å². The molecule has 10 nitrogen and oxygen atoms in total. The molecule has 0 saturated heterocycles. The van der Waals surface area contributed by atoms with E-state index in [1.807, 2.05) is 42.5 Å². The fraction of sp³-hybridized carbons (Fsp3) is 0.280. The minimum absolute atomic E-state index is 0.00308. The van der Waals surface area contributed by atoms with Gasteiger partial charge in [0.2, 0.25) is 5.91 Å². The van der Waals surface area contributed by atoms with Crippen LogP contribution in [0.15, 0.2) is 67.3 Å². The molecule has 3 unspecified atom stereocenters. The average Bonchev–Trinajstić information content (AvgIpc) is 3.36. The molecular formula is C25H28N6O4. The molecule has 0 fully saturated rings. The van der Waals surface area contributed by atoms with Gasteiger partial charge in [-0.2, -0.15) is 5.10 Å². The van der Waals surface area contributed by atoms with Crippen LogP contribution in [-0.4, -0.2) is 55.1 Å². The summed E-state index contributed by atoms with van der Waals surface area (Å²) in [4.78, 5) is 20.7. The van der Waals surface area contributed by atoms with E-state index in [4.69, 9.17) is 4.74 Å². The van der Waals surface area contributed by atoms with E-state index in [9.17, 15) is 15.0 Å². The van der Waals surface area contributed by atoms with Gasteiger partial charge in [-0.15, -0.1) is 0 Å². The van der Waals surface area contributed by atoms with Crippen molar-refractivity contribution in [2.45, 2.75) is 38.0 Å². The lowest BCUT2D eigenvalue weighted by molar-refractivity contribution is -0.118. The summed E-state index contributed by atoms with van der Waals surface area (Å²) in [6.07, 6.45) is 2.39. The highest BCUT2D eigenvalue weighted by molar-refractivity contribution is 5.91. The van der Waals surface area contributed by atoms with E-state index in [0.717, 1.165) is 16.5 Å². The largest absolute Gasteiger partial charge is 0.491 e. The van der Waals surface area contributed by atoms with Gasteiger partial charge in [0.1, 0.15) is 24.5 Å². The molecule has 0 radical (unpaired) electrons. The molecule has 2 aromatic carbocycles. The van der Waals surface area contributed by atoms with Crippen molar-refractivity contribution < 1.29 is 19.7 Å². The molecule has 0 aliphatic rings. The predicted molar refractivity (Wildman–Crippen MR) is 132 cm³/mol. The lowest BCUT2D eigenvalue weighted by atomic mass is 10.1. The Bertz CT molecular complexity index is 1240. The molecule has 2 aromatic heterocycles. The first-order valence-electron chi connectivity index (χ1n) is 11.3. The van der Waals surface area contributed by atoms with E-state index in [2.05, 4.69) is 37.7 Å². The Morgan fingerprint density at radius 2 is 1.94 bits per heavy atom. The summed E-state index contributed by atoms with van der Waals surface area (Å²) < 4.78 is 5.75. The second-order valence-electron chi connectivity index (χ2n) is 8.27. The quantitative estimate of drug-likeness (QED) is 0.222. The number of aromatic amines is 1. The van der Waals surface area contributed by atoms with Crippen molar-refractivity contribution in [1.82, 2.24) is 20.2 Å². The Balaban J connectivity index is 1.33. The molecule has 35 heavy (non-hydrogen) atoms. The summed E-state index contributed by atoms with van der Waals surface area (Å²) in [6.45, 7) is 2.02. The van der Waals surface area contributed by atoms with Crippen LogP contribution in [0.5, 0.6) is 5.75 Å². The highest BCUT2D eigenvalue weighted by Crippen LogP contribution is 2.27. The molecule has 0 bridgehead atoms. The highest BCUT2D eigenvalue weighted by atomic mass is 16.5. The van der Waals surface area contributed by atoms with Gasteiger partial charge in [-0.05, 0) is 30.7 Å². The number of aliphatic hydroxyl groups is 2. The second-order valence-corrected chi connectivity index (χ2v) is 8.27. The average molecular weight is 477 g/mol. The monoisotopic (exact) mass is 476 g/mol. The molecule has 4 aromatic rings. The van der Waals surface area contributed by atoms with Gasteiger partial charge < -0.3 is 25.6 Å². The van der Waals surface area contributed by atoms with Gasteiger partial charge in [0, 0.05) is 24.0 Å². The van der Waals surface area contributed by atoms with Gasteiger partial charge in [0.05, 0.1) is 36.0 Å². The van der Waals surface area contributed by atoms with Gasteiger partial charge in [-0.1, -0.05) is 30.3 Å². The number of carbonyl (C=O) groups is 1. The van der Waals surface area contributed by atoms with Crippen molar-refractivity contribution in [2.75, 3.05) is 17.2 Å². The van der Waals surface area contributed by atoms with Crippen molar-refractivity contribution in [2.24, 2.45) is 0 Å². The van der Waals surface area contributed by atoms with Crippen LogP contribution in [0.4, 0.5) is 11.5 Å². The van der Waals surface area contributed by atoms with Crippen molar-refractivity contribution in [3.63, 3.8) is 0 Å². The molecule has 2 heterocycles. The molecule has 0 aliphatic heterocycles. The number of nitrogens with zero attached hydrogens (tertiary/aromatic N) is 3. The van der Waals surface area contributed by atoms with Crippen molar-refractivity contribution in [3.05, 3.63) is 72.8 Å². The third-order valence-corrected chi connectivity index (χ3v) is 5.45. The van der Waals surface area contributed by atoms with Crippen LogP contribution in [0.3, 0.4) is 0 Å². The summed E-state index contributed by atoms with van der Waals surface area (Å²) in [7, 11) is 0. The molecule has 3 atom stereocenters. The van der Waals surface area contributed by atoms with E-state index in [-0.39, 0.29) is 31.4 Å². The number of hydrogen-bond acceptors (Lipinski definition) is 8. The molecule has 0 saturated carbocycles. The molecule has 0 spiro atoms. The smallest absolute Gasteiger partial charge is 0.227 e. The summed E-state index contributed by atoms with van der Waals surface area (Å²) in [5, 5.41) is 33.6. The first-order chi connectivity index (χ1) is 17.0. The standard InChI is InChI=1S/C25H28N6O4/c1-16(17-5-3-2-4-6-17)30-25-22-11-21(7-8-23(22)26-15-27-25)35-14-20(33)9-19(32)10-24(34)31-18-12-28-29-13-18/h2-8,11-13,15-16,19-20,32-33H,9-10,14H2,1H3,(H,28,29)(H,31,34)(H,26,27,30). The van der Waals surface area contributed by atoms with Gasteiger partial charge in [-0.3, -0.25) is 9.89 Å². The van der Waals surface area contributed by atoms with Crippen LogP contribution in [0.1, 0.15) is 31.4 Å². The maximum absolute atomic E-state index is 12.0. The fourth-order valence-corrected chi connectivity index (χ4v) is 3.67. The number of benzene rings is 2. The number of amides is 1. The number of rotatable bonds is 11. The molecule has 1 amide bonds. The summed E-state index contributed by atoms with van der Waals surface area (Å²) >= 11 is 0. The lowest BCUT2D eigenvalue weighted by Crippen LogP contribution is -2.27. The Kier molecular flexibility index (Phi) is 7.86. The van der Waals surface area contributed by atoms with Crippen LogP contribution < -0.4 is 15.4 Å². The molecular weight excluding hydrogens is 448 g/mol. The summed E-state index contributed by atoms with van der Waals surface area (Å²) in [5.74, 6) is 0.844. The van der Waals surface area contributed by atoms with Crippen molar-refractivity contribution >= 4 is 28.3 Å². The minimum Gasteiger partial charge on any atom is -0.491 e. The first-order valence-corrected chi connectivity index (χ1v) is 11.3. The van der Waals surface area contributed by atoms with Gasteiger partial charge in [0.15, 0.2) is 0 Å². The van der Waals surface area contributed by atoms with Gasteiger partial charge >= 0.3 is 0 Å². The van der Waals surface area contributed by atoms with Crippen LogP contribution in [0.25, 0.3) is 10.9 Å². The first kappa shape index (κ1) is 24.1. The van der Waals surface area contributed by atoms with Crippen LogP contribution >= 0.6 is 0 Å². The van der Waals surface area contributed by atoms with E-state index < -0.39 is 12.2 Å². The normalized spacial score (nSPS) is 13.7. The van der Waals surface area contributed by atoms with Gasteiger partial charge in [0.25, 0.3) is 0 Å². The minimum atomic E-state index is -1.01. The highest BCUT2D eigenvalue weighted by Gasteiger charge is 2.17. The number of aliphatic hydroxyl groups excluding tert-OH is 2. The Morgan fingerprint density at radius 1 is 1.11 bits per heavy atom.